The van der Waals surface area contributed by atoms with Crippen LogP contribution in [0, 0.1) is 0 Å². The lowest BCUT2D eigenvalue weighted by Crippen LogP contribution is -2.41. The van der Waals surface area contributed by atoms with Gasteiger partial charge in [0.15, 0.2) is 0 Å². The molecular weight excluding hydrogens is 228 g/mol. The zero-order valence-corrected chi connectivity index (χ0v) is 11.2. The molecule has 0 aliphatic carbocycles. The van der Waals surface area contributed by atoms with Crippen LogP contribution in [0.3, 0.4) is 0 Å². The van der Waals surface area contributed by atoms with Crippen molar-refractivity contribution in [2.75, 3.05) is 47.0 Å². The average Bonchev–Trinajstić information content (AvgIpc) is 2.46. The third-order valence-electron chi connectivity index (χ3n) is 3.41. The molecular formula is C14H22N2O2. The molecule has 0 amide bonds. The number of hydrogen-bond acceptors (Lipinski definition) is 4. The van der Waals surface area contributed by atoms with E-state index in [0.717, 1.165) is 38.6 Å². The van der Waals surface area contributed by atoms with Crippen LogP contribution in [-0.2, 0) is 4.74 Å². The molecule has 0 spiro atoms. The fourth-order valence-corrected chi connectivity index (χ4v) is 2.24. The van der Waals surface area contributed by atoms with Gasteiger partial charge in [0, 0.05) is 25.7 Å². The second-order valence-electron chi connectivity index (χ2n) is 4.53. The van der Waals surface area contributed by atoms with Gasteiger partial charge in [0.1, 0.15) is 5.75 Å². The number of likely N-dealkylation sites (N-methyl/N-ethyl adjacent to an activating group) is 1. The normalized spacial score (nSPS) is 18.6. The van der Waals surface area contributed by atoms with Crippen LogP contribution in [0.15, 0.2) is 24.3 Å². The summed E-state index contributed by atoms with van der Waals surface area (Å²) in [7, 11) is 3.70. The van der Waals surface area contributed by atoms with Gasteiger partial charge in [-0.3, -0.25) is 4.90 Å². The van der Waals surface area contributed by atoms with E-state index in [4.69, 9.17) is 9.47 Å². The number of methoxy groups -OCH3 is 1. The first-order valence-corrected chi connectivity index (χ1v) is 6.45. The summed E-state index contributed by atoms with van der Waals surface area (Å²) in [6, 6.07) is 8.63. The molecule has 1 fully saturated rings. The second kappa shape index (κ2) is 6.73. The number of nitrogens with one attached hydrogen (secondary N) is 1. The van der Waals surface area contributed by atoms with E-state index in [2.05, 4.69) is 22.3 Å². The molecule has 4 heteroatoms. The molecule has 1 unspecified atom stereocenters. The third kappa shape index (κ3) is 3.45. The van der Waals surface area contributed by atoms with Crippen LogP contribution >= 0.6 is 0 Å². The Bertz CT molecular complexity index is 347. The van der Waals surface area contributed by atoms with E-state index in [1.54, 1.807) is 7.11 Å². The molecule has 1 aliphatic heterocycles. The van der Waals surface area contributed by atoms with Crippen molar-refractivity contribution in [1.29, 1.82) is 0 Å². The van der Waals surface area contributed by atoms with Crippen LogP contribution in [0.4, 0.5) is 0 Å². The van der Waals surface area contributed by atoms with Gasteiger partial charge >= 0.3 is 0 Å². The molecule has 1 saturated heterocycles. The van der Waals surface area contributed by atoms with E-state index in [0.29, 0.717) is 6.04 Å². The van der Waals surface area contributed by atoms with E-state index >= 15 is 0 Å². The maximum Gasteiger partial charge on any atom is 0.118 e. The molecule has 1 heterocycles. The van der Waals surface area contributed by atoms with Gasteiger partial charge in [0.25, 0.3) is 0 Å². The zero-order chi connectivity index (χ0) is 12.8. The summed E-state index contributed by atoms with van der Waals surface area (Å²) >= 11 is 0. The van der Waals surface area contributed by atoms with Crippen molar-refractivity contribution >= 4 is 0 Å². The molecule has 0 bridgehead atoms. The Kier molecular flexibility index (Phi) is 4.99. The van der Waals surface area contributed by atoms with E-state index in [9.17, 15) is 0 Å². The fourth-order valence-electron chi connectivity index (χ4n) is 2.24. The van der Waals surface area contributed by atoms with Crippen LogP contribution in [0.25, 0.3) is 0 Å². The van der Waals surface area contributed by atoms with Gasteiger partial charge < -0.3 is 14.8 Å². The number of morpholine rings is 1. The SMILES string of the molecule is CNC(CN1CCOCC1)c1ccc(OC)cc1. The highest BCUT2D eigenvalue weighted by atomic mass is 16.5. The van der Waals surface area contributed by atoms with Crippen molar-refractivity contribution in [1.82, 2.24) is 10.2 Å². The molecule has 2 rings (SSSR count). The van der Waals surface area contributed by atoms with Gasteiger partial charge in [-0.2, -0.15) is 0 Å². The van der Waals surface area contributed by atoms with Crippen molar-refractivity contribution < 1.29 is 9.47 Å². The van der Waals surface area contributed by atoms with Gasteiger partial charge in [-0.25, -0.2) is 0 Å². The van der Waals surface area contributed by atoms with Gasteiger partial charge in [-0.15, -0.1) is 0 Å². The molecule has 1 atom stereocenters. The summed E-state index contributed by atoms with van der Waals surface area (Å²) in [4.78, 5) is 2.44. The number of nitrogens with zero attached hydrogens (tertiary/aromatic N) is 1. The molecule has 1 aromatic carbocycles. The highest BCUT2D eigenvalue weighted by Crippen LogP contribution is 2.18. The topological polar surface area (TPSA) is 33.7 Å². The van der Waals surface area contributed by atoms with Crippen LogP contribution in [0.2, 0.25) is 0 Å². The first kappa shape index (κ1) is 13.3. The highest BCUT2D eigenvalue weighted by Gasteiger charge is 2.16. The van der Waals surface area contributed by atoms with Crippen LogP contribution in [0.5, 0.6) is 5.75 Å². The largest absolute Gasteiger partial charge is 0.497 e. The minimum atomic E-state index is 0.356. The Morgan fingerprint density at radius 1 is 1.28 bits per heavy atom. The molecule has 100 valence electrons. The molecule has 0 radical (unpaired) electrons. The lowest BCUT2D eigenvalue weighted by atomic mass is 10.1. The number of rotatable bonds is 5. The smallest absolute Gasteiger partial charge is 0.118 e. The number of benzene rings is 1. The van der Waals surface area contributed by atoms with E-state index in [-0.39, 0.29) is 0 Å². The molecule has 18 heavy (non-hydrogen) atoms. The Balaban J connectivity index is 1.97. The van der Waals surface area contributed by atoms with Crippen molar-refractivity contribution in [3.63, 3.8) is 0 Å². The number of ether oxygens (including phenoxy) is 2. The zero-order valence-electron chi connectivity index (χ0n) is 11.2. The van der Waals surface area contributed by atoms with Gasteiger partial charge in [-0.1, -0.05) is 12.1 Å². The Hall–Kier alpha value is -1.10. The second-order valence-corrected chi connectivity index (χ2v) is 4.53. The standard InChI is InChI=1S/C14H22N2O2/c1-15-14(11-16-7-9-18-10-8-16)12-3-5-13(17-2)6-4-12/h3-6,14-15H,7-11H2,1-2H3. The van der Waals surface area contributed by atoms with Crippen molar-refractivity contribution in [2.45, 2.75) is 6.04 Å². The summed E-state index contributed by atoms with van der Waals surface area (Å²) in [5.41, 5.74) is 1.30. The average molecular weight is 250 g/mol. The van der Waals surface area contributed by atoms with Crippen molar-refractivity contribution in [2.24, 2.45) is 0 Å². The third-order valence-corrected chi connectivity index (χ3v) is 3.41. The van der Waals surface area contributed by atoms with Gasteiger partial charge in [0.05, 0.1) is 20.3 Å². The lowest BCUT2D eigenvalue weighted by Gasteiger charge is -2.30. The van der Waals surface area contributed by atoms with Crippen molar-refractivity contribution in [3.05, 3.63) is 29.8 Å². The molecule has 4 nitrogen and oxygen atoms in total. The fraction of sp³-hybridized carbons (Fsp3) is 0.571. The molecule has 1 N–H and O–H groups in total. The summed E-state index contributed by atoms with van der Waals surface area (Å²) in [6.45, 7) is 4.76. The van der Waals surface area contributed by atoms with Gasteiger partial charge in [0.2, 0.25) is 0 Å². The van der Waals surface area contributed by atoms with Crippen LogP contribution in [0.1, 0.15) is 11.6 Å². The summed E-state index contributed by atoms with van der Waals surface area (Å²) < 4.78 is 10.6. The van der Waals surface area contributed by atoms with Crippen molar-refractivity contribution in [3.8, 4) is 5.75 Å². The molecule has 1 aromatic rings. The Morgan fingerprint density at radius 2 is 1.94 bits per heavy atom. The van der Waals surface area contributed by atoms with Crippen LogP contribution < -0.4 is 10.1 Å². The molecule has 0 aromatic heterocycles. The predicted octanol–water partition coefficient (Wildman–Crippen LogP) is 1.29. The van der Waals surface area contributed by atoms with Gasteiger partial charge in [-0.05, 0) is 24.7 Å². The lowest BCUT2D eigenvalue weighted by molar-refractivity contribution is 0.0338. The Labute approximate surface area is 109 Å². The van der Waals surface area contributed by atoms with E-state index in [1.165, 1.54) is 5.56 Å². The van der Waals surface area contributed by atoms with E-state index in [1.807, 2.05) is 19.2 Å². The maximum absolute atomic E-state index is 5.37. The number of hydrogen-bond donors (Lipinski definition) is 1. The maximum atomic E-state index is 5.37. The summed E-state index contributed by atoms with van der Waals surface area (Å²) in [6.07, 6.45) is 0. The monoisotopic (exact) mass is 250 g/mol. The Morgan fingerprint density at radius 3 is 2.50 bits per heavy atom. The summed E-state index contributed by atoms with van der Waals surface area (Å²) in [5.74, 6) is 0.903. The minimum absolute atomic E-state index is 0.356. The quantitative estimate of drug-likeness (QED) is 0.854. The first-order chi connectivity index (χ1) is 8.83. The predicted molar refractivity (Wildman–Crippen MR) is 72.1 cm³/mol. The van der Waals surface area contributed by atoms with E-state index < -0.39 is 0 Å². The minimum Gasteiger partial charge on any atom is -0.497 e. The summed E-state index contributed by atoms with van der Waals surface area (Å²) in [5, 5.41) is 3.38. The highest BCUT2D eigenvalue weighted by molar-refractivity contribution is 5.29. The van der Waals surface area contributed by atoms with Crippen LogP contribution in [-0.4, -0.2) is 51.9 Å². The molecule has 1 aliphatic rings. The molecule has 0 saturated carbocycles. The first-order valence-electron chi connectivity index (χ1n) is 6.45.